The first-order valence-corrected chi connectivity index (χ1v) is 4.87. The minimum Gasteiger partial charge on any atom is -0.364 e. The number of rotatable bonds is 5. The molecule has 1 rings (SSSR count). The van der Waals surface area contributed by atoms with E-state index in [1.54, 1.807) is 32.9 Å². The van der Waals surface area contributed by atoms with Crippen LogP contribution in [0.25, 0.3) is 0 Å². The zero-order valence-corrected chi connectivity index (χ0v) is 9.94. The second-order valence-electron chi connectivity index (χ2n) is 3.33. The third-order valence-corrected chi connectivity index (χ3v) is 2.30. The van der Waals surface area contributed by atoms with E-state index in [-0.39, 0.29) is 6.29 Å². The Balaban J connectivity index is 2.78. The van der Waals surface area contributed by atoms with Gasteiger partial charge >= 0.3 is 0 Å². The van der Waals surface area contributed by atoms with E-state index in [1.165, 1.54) is 0 Å². The van der Waals surface area contributed by atoms with Crippen molar-refractivity contribution in [2.24, 2.45) is 7.05 Å². The van der Waals surface area contributed by atoms with E-state index in [4.69, 9.17) is 14.7 Å². The van der Waals surface area contributed by atoms with Crippen LogP contribution >= 0.6 is 0 Å². The predicted molar refractivity (Wildman–Crippen MR) is 59.0 cm³/mol. The van der Waals surface area contributed by atoms with Crippen LogP contribution in [0, 0.1) is 18.3 Å². The Morgan fingerprint density at radius 3 is 2.62 bits per heavy atom. The highest BCUT2D eigenvalue weighted by atomic mass is 16.7. The number of aryl methyl sites for hydroxylation is 2. The molecule has 0 aliphatic rings. The Labute approximate surface area is 94.8 Å². The highest BCUT2D eigenvalue weighted by molar-refractivity contribution is 5.54. The SMILES string of the molecule is COC(CNc1c(C#N)c(C)nn1C)OC. The number of nitrogens with zero attached hydrogens (tertiary/aromatic N) is 3. The van der Waals surface area contributed by atoms with Crippen LogP contribution in [0.4, 0.5) is 5.82 Å². The molecule has 0 aliphatic heterocycles. The smallest absolute Gasteiger partial charge is 0.173 e. The average Bonchev–Trinajstić information content (AvgIpc) is 2.54. The third-order valence-electron chi connectivity index (χ3n) is 2.30. The second-order valence-corrected chi connectivity index (χ2v) is 3.33. The molecule has 1 aromatic heterocycles. The van der Waals surface area contributed by atoms with Gasteiger partial charge in [-0.2, -0.15) is 10.4 Å². The summed E-state index contributed by atoms with van der Waals surface area (Å²) in [6, 6.07) is 2.12. The standard InChI is InChI=1S/C10H16N4O2/c1-7-8(5-11)10(14(2)13-7)12-6-9(15-3)16-4/h9,12H,6H2,1-4H3. The molecule has 0 radical (unpaired) electrons. The second kappa shape index (κ2) is 5.49. The van der Waals surface area contributed by atoms with E-state index >= 15 is 0 Å². The lowest BCUT2D eigenvalue weighted by Gasteiger charge is -2.14. The minimum absolute atomic E-state index is 0.346. The molecule has 0 unspecified atom stereocenters. The van der Waals surface area contributed by atoms with Crippen molar-refractivity contribution in [1.29, 1.82) is 5.26 Å². The van der Waals surface area contributed by atoms with E-state index in [2.05, 4.69) is 16.5 Å². The summed E-state index contributed by atoms with van der Waals surface area (Å²) < 4.78 is 11.7. The largest absolute Gasteiger partial charge is 0.364 e. The minimum atomic E-state index is -0.346. The number of methoxy groups -OCH3 is 2. The molecule has 1 aromatic rings. The Morgan fingerprint density at radius 1 is 1.50 bits per heavy atom. The van der Waals surface area contributed by atoms with Crippen molar-refractivity contribution in [2.75, 3.05) is 26.1 Å². The number of hydrogen-bond acceptors (Lipinski definition) is 5. The van der Waals surface area contributed by atoms with Crippen molar-refractivity contribution >= 4 is 5.82 Å². The maximum atomic E-state index is 8.99. The quantitative estimate of drug-likeness (QED) is 0.743. The molecule has 16 heavy (non-hydrogen) atoms. The van der Waals surface area contributed by atoms with E-state index in [9.17, 15) is 0 Å². The molecular formula is C10H16N4O2. The zero-order valence-electron chi connectivity index (χ0n) is 9.94. The number of ether oxygens (including phenoxy) is 2. The van der Waals surface area contributed by atoms with Crippen LogP contribution in [-0.2, 0) is 16.5 Å². The molecule has 0 spiro atoms. The maximum absolute atomic E-state index is 8.99. The van der Waals surface area contributed by atoms with Gasteiger partial charge in [-0.15, -0.1) is 0 Å². The molecule has 0 atom stereocenters. The monoisotopic (exact) mass is 224 g/mol. The van der Waals surface area contributed by atoms with Gasteiger partial charge in [-0.1, -0.05) is 0 Å². The Hall–Kier alpha value is -1.58. The summed E-state index contributed by atoms with van der Waals surface area (Å²) in [5, 5.41) is 16.2. The van der Waals surface area contributed by atoms with Gasteiger partial charge in [0.05, 0.1) is 12.2 Å². The molecule has 1 N–H and O–H groups in total. The molecule has 6 heteroatoms. The first-order chi connectivity index (χ1) is 7.63. The maximum Gasteiger partial charge on any atom is 0.173 e. The normalized spacial score (nSPS) is 10.5. The van der Waals surface area contributed by atoms with Crippen LogP contribution in [0.3, 0.4) is 0 Å². The van der Waals surface area contributed by atoms with Crippen molar-refractivity contribution in [3.63, 3.8) is 0 Å². The Morgan fingerprint density at radius 2 is 2.12 bits per heavy atom. The van der Waals surface area contributed by atoms with Gasteiger partial charge in [0.25, 0.3) is 0 Å². The first-order valence-electron chi connectivity index (χ1n) is 4.87. The summed E-state index contributed by atoms with van der Waals surface area (Å²) in [6.45, 7) is 2.26. The van der Waals surface area contributed by atoms with Crippen LogP contribution in [0.15, 0.2) is 0 Å². The lowest BCUT2D eigenvalue weighted by atomic mass is 10.2. The molecule has 0 saturated heterocycles. The van der Waals surface area contributed by atoms with Gasteiger partial charge in [-0.3, -0.25) is 4.68 Å². The van der Waals surface area contributed by atoms with E-state index in [1.807, 2.05) is 0 Å². The Bertz CT molecular complexity index is 390. The number of hydrogen-bond donors (Lipinski definition) is 1. The molecule has 1 heterocycles. The number of aromatic nitrogens is 2. The topological polar surface area (TPSA) is 72.1 Å². The molecule has 6 nitrogen and oxygen atoms in total. The fourth-order valence-electron chi connectivity index (χ4n) is 1.44. The highest BCUT2D eigenvalue weighted by Gasteiger charge is 2.14. The lowest BCUT2D eigenvalue weighted by Crippen LogP contribution is -2.24. The van der Waals surface area contributed by atoms with Crippen molar-refractivity contribution in [2.45, 2.75) is 13.2 Å². The van der Waals surface area contributed by atoms with Gasteiger partial charge in [0.15, 0.2) is 6.29 Å². The Kier molecular flexibility index (Phi) is 4.28. The van der Waals surface area contributed by atoms with Crippen LogP contribution in [-0.4, -0.2) is 36.8 Å². The summed E-state index contributed by atoms with van der Waals surface area (Å²) in [7, 11) is 4.91. The summed E-state index contributed by atoms with van der Waals surface area (Å²) in [5.74, 6) is 0.680. The van der Waals surface area contributed by atoms with E-state index < -0.39 is 0 Å². The van der Waals surface area contributed by atoms with Gasteiger partial charge in [-0.05, 0) is 6.92 Å². The van der Waals surface area contributed by atoms with Crippen molar-refractivity contribution in [3.05, 3.63) is 11.3 Å². The average molecular weight is 224 g/mol. The first kappa shape index (κ1) is 12.5. The summed E-state index contributed by atoms with van der Waals surface area (Å²) in [6.07, 6.45) is -0.346. The van der Waals surface area contributed by atoms with Crippen LogP contribution in [0.2, 0.25) is 0 Å². The lowest BCUT2D eigenvalue weighted by molar-refractivity contribution is -0.0914. The van der Waals surface area contributed by atoms with E-state index in [0.29, 0.717) is 23.6 Å². The van der Waals surface area contributed by atoms with Crippen LogP contribution in [0.1, 0.15) is 11.3 Å². The fourth-order valence-corrected chi connectivity index (χ4v) is 1.44. The molecule has 0 aliphatic carbocycles. The van der Waals surface area contributed by atoms with Gasteiger partial charge in [0.1, 0.15) is 17.5 Å². The number of nitriles is 1. The van der Waals surface area contributed by atoms with Gasteiger partial charge in [0.2, 0.25) is 0 Å². The molecular weight excluding hydrogens is 208 g/mol. The van der Waals surface area contributed by atoms with Crippen molar-refractivity contribution < 1.29 is 9.47 Å². The van der Waals surface area contributed by atoms with Crippen molar-refractivity contribution in [3.8, 4) is 6.07 Å². The number of nitrogens with one attached hydrogen (secondary N) is 1. The number of anilines is 1. The van der Waals surface area contributed by atoms with Crippen molar-refractivity contribution in [1.82, 2.24) is 9.78 Å². The predicted octanol–water partition coefficient (Wildman–Crippen LogP) is 0.631. The highest BCUT2D eigenvalue weighted by Crippen LogP contribution is 2.17. The molecule has 0 fully saturated rings. The summed E-state index contributed by atoms with van der Waals surface area (Å²) >= 11 is 0. The molecule has 0 amide bonds. The molecule has 0 bridgehead atoms. The van der Waals surface area contributed by atoms with Crippen LogP contribution < -0.4 is 5.32 Å². The van der Waals surface area contributed by atoms with Gasteiger partial charge < -0.3 is 14.8 Å². The molecule has 0 saturated carbocycles. The fraction of sp³-hybridized carbons (Fsp3) is 0.600. The van der Waals surface area contributed by atoms with Gasteiger partial charge in [-0.25, -0.2) is 0 Å². The third kappa shape index (κ3) is 2.51. The van der Waals surface area contributed by atoms with Gasteiger partial charge in [0, 0.05) is 21.3 Å². The molecule has 0 aromatic carbocycles. The van der Waals surface area contributed by atoms with Crippen LogP contribution in [0.5, 0.6) is 0 Å². The summed E-state index contributed by atoms with van der Waals surface area (Å²) in [4.78, 5) is 0. The van der Waals surface area contributed by atoms with E-state index in [0.717, 1.165) is 0 Å². The zero-order chi connectivity index (χ0) is 12.1. The molecule has 88 valence electrons. The summed E-state index contributed by atoms with van der Waals surface area (Å²) in [5.41, 5.74) is 1.26.